The average molecular weight is 336 g/mol. The van der Waals surface area contributed by atoms with Crippen LogP contribution in [0.4, 0.5) is 0 Å². The summed E-state index contributed by atoms with van der Waals surface area (Å²) in [6, 6.07) is 11.6. The molecule has 3 rings (SSSR count). The van der Waals surface area contributed by atoms with Gasteiger partial charge < -0.3 is 9.30 Å². The molecule has 0 N–H and O–H groups in total. The summed E-state index contributed by atoms with van der Waals surface area (Å²) >= 11 is 0. The Bertz CT molecular complexity index is 938. The monoisotopic (exact) mass is 336 g/mol. The van der Waals surface area contributed by atoms with Crippen molar-refractivity contribution in [1.29, 1.82) is 0 Å². The van der Waals surface area contributed by atoms with Crippen LogP contribution < -0.4 is 0 Å². The Hall–Kier alpha value is -2.46. The Kier molecular flexibility index (Phi) is 5.00. The topological polar surface area (TPSA) is 41.8 Å². The second kappa shape index (κ2) is 7.19. The van der Waals surface area contributed by atoms with Crippen molar-refractivity contribution in [3.8, 4) is 0 Å². The molecule has 4 heteroatoms. The van der Waals surface area contributed by atoms with E-state index in [9.17, 15) is 9.59 Å². The zero-order chi connectivity index (χ0) is 18.0. The first-order chi connectivity index (χ1) is 12.0. The summed E-state index contributed by atoms with van der Waals surface area (Å²) in [6.07, 6.45) is 4.28. The summed E-state index contributed by atoms with van der Waals surface area (Å²) in [5, 5.41) is 0.959. The van der Waals surface area contributed by atoms with Gasteiger partial charge in [-0.3, -0.25) is 9.59 Å². The van der Waals surface area contributed by atoms with E-state index in [0.717, 1.165) is 41.4 Å². The second-order valence-electron chi connectivity index (χ2n) is 6.80. The maximum absolute atomic E-state index is 12.9. The average Bonchev–Trinajstić information content (AvgIpc) is 2.92. The van der Waals surface area contributed by atoms with Crippen molar-refractivity contribution in [3.63, 3.8) is 0 Å². The first-order valence-corrected chi connectivity index (χ1v) is 8.70. The van der Waals surface area contributed by atoms with E-state index in [-0.39, 0.29) is 11.6 Å². The van der Waals surface area contributed by atoms with Gasteiger partial charge in [0.1, 0.15) is 0 Å². The third-order valence-electron chi connectivity index (χ3n) is 4.58. The van der Waals surface area contributed by atoms with Crippen molar-refractivity contribution in [2.24, 2.45) is 0 Å². The molecule has 3 aromatic rings. The summed E-state index contributed by atoms with van der Waals surface area (Å²) in [4.78, 5) is 26.8. The second-order valence-corrected chi connectivity index (χ2v) is 6.80. The number of carbonyl (C=O) groups is 2. The third kappa shape index (κ3) is 3.49. The Morgan fingerprint density at radius 1 is 1.00 bits per heavy atom. The van der Waals surface area contributed by atoms with E-state index in [1.54, 1.807) is 13.0 Å². The highest BCUT2D eigenvalue weighted by Gasteiger charge is 2.18. The number of para-hydroxylation sites is 1. The van der Waals surface area contributed by atoms with E-state index in [1.807, 2.05) is 55.0 Å². The number of hydrogen-bond acceptors (Lipinski definition) is 3. The van der Waals surface area contributed by atoms with Crippen LogP contribution in [-0.4, -0.2) is 41.5 Å². The normalized spacial score (nSPS) is 11.5. The number of ketones is 2. The molecule has 25 heavy (non-hydrogen) atoms. The van der Waals surface area contributed by atoms with Crippen molar-refractivity contribution >= 4 is 28.0 Å². The van der Waals surface area contributed by atoms with Crippen LogP contribution in [0, 0.1) is 0 Å². The Balaban J connectivity index is 2.01. The molecule has 2 aromatic heterocycles. The molecule has 0 atom stereocenters. The van der Waals surface area contributed by atoms with Crippen LogP contribution in [0.5, 0.6) is 0 Å². The standard InChI is InChI=1S/C21H24N2O2/c1-15(24)16-11-12-19-21(20(25)10-6-7-13-22(2)3)17-8-4-5-9-18(17)23(19)14-16/h4-5,8-9,11-12,14H,6-7,10,13H2,1-3H3. The number of aromatic nitrogens is 1. The van der Waals surface area contributed by atoms with E-state index in [4.69, 9.17) is 0 Å². The molecule has 0 unspecified atom stereocenters. The lowest BCUT2D eigenvalue weighted by atomic mass is 10.0. The van der Waals surface area contributed by atoms with E-state index >= 15 is 0 Å². The number of rotatable bonds is 7. The number of carbonyl (C=O) groups excluding carboxylic acids is 2. The Labute approximate surface area is 148 Å². The molecule has 0 aliphatic carbocycles. The van der Waals surface area contributed by atoms with Crippen LogP contribution in [0.25, 0.3) is 16.4 Å². The van der Waals surface area contributed by atoms with E-state index in [0.29, 0.717) is 12.0 Å². The lowest BCUT2D eigenvalue weighted by Gasteiger charge is -2.08. The van der Waals surface area contributed by atoms with Crippen LogP contribution in [-0.2, 0) is 0 Å². The van der Waals surface area contributed by atoms with Crippen LogP contribution in [0.2, 0.25) is 0 Å². The molecular weight excluding hydrogens is 312 g/mol. The number of benzene rings is 1. The minimum absolute atomic E-state index is 0.0243. The summed E-state index contributed by atoms with van der Waals surface area (Å²) in [5.41, 5.74) is 3.27. The molecule has 0 spiro atoms. The van der Waals surface area contributed by atoms with E-state index < -0.39 is 0 Å². The molecule has 0 amide bonds. The van der Waals surface area contributed by atoms with Gasteiger partial charge in [-0.1, -0.05) is 18.2 Å². The van der Waals surface area contributed by atoms with Gasteiger partial charge in [-0.05, 0) is 58.6 Å². The maximum Gasteiger partial charge on any atom is 0.165 e. The van der Waals surface area contributed by atoms with Gasteiger partial charge in [-0.15, -0.1) is 0 Å². The largest absolute Gasteiger partial charge is 0.315 e. The first kappa shape index (κ1) is 17.4. The number of unbranched alkanes of at least 4 members (excludes halogenated alkanes) is 1. The predicted molar refractivity (Wildman–Crippen MR) is 102 cm³/mol. The fourth-order valence-corrected chi connectivity index (χ4v) is 3.28. The smallest absolute Gasteiger partial charge is 0.165 e. The van der Waals surface area contributed by atoms with Crippen LogP contribution in [0.15, 0.2) is 42.6 Å². The molecule has 4 nitrogen and oxygen atoms in total. The van der Waals surface area contributed by atoms with Crippen molar-refractivity contribution < 1.29 is 9.59 Å². The molecule has 0 aliphatic heterocycles. The Morgan fingerprint density at radius 2 is 1.76 bits per heavy atom. The molecule has 0 saturated heterocycles. The molecule has 0 aliphatic rings. The summed E-state index contributed by atoms with van der Waals surface area (Å²) in [5.74, 6) is 0.198. The highest BCUT2D eigenvalue weighted by atomic mass is 16.1. The van der Waals surface area contributed by atoms with Gasteiger partial charge in [0.25, 0.3) is 0 Å². The summed E-state index contributed by atoms with van der Waals surface area (Å²) < 4.78 is 1.97. The molecule has 130 valence electrons. The lowest BCUT2D eigenvalue weighted by molar-refractivity contribution is 0.0980. The van der Waals surface area contributed by atoms with Gasteiger partial charge in [0.2, 0.25) is 0 Å². The quantitative estimate of drug-likeness (QED) is 0.479. The van der Waals surface area contributed by atoms with Crippen molar-refractivity contribution in [2.45, 2.75) is 26.2 Å². The zero-order valence-electron chi connectivity index (χ0n) is 15.1. The van der Waals surface area contributed by atoms with E-state index in [1.165, 1.54) is 0 Å². The fourth-order valence-electron chi connectivity index (χ4n) is 3.28. The molecule has 0 radical (unpaired) electrons. The Morgan fingerprint density at radius 3 is 2.48 bits per heavy atom. The minimum atomic E-state index is 0.0243. The van der Waals surface area contributed by atoms with Gasteiger partial charge >= 0.3 is 0 Å². The number of pyridine rings is 1. The van der Waals surface area contributed by atoms with Crippen LogP contribution in [0.1, 0.15) is 46.9 Å². The predicted octanol–water partition coefficient (Wildman–Crippen LogP) is 4.21. The van der Waals surface area contributed by atoms with Gasteiger partial charge in [0.15, 0.2) is 11.6 Å². The highest BCUT2D eigenvalue weighted by Crippen LogP contribution is 2.28. The molecule has 0 fully saturated rings. The lowest BCUT2D eigenvalue weighted by Crippen LogP contribution is -2.13. The van der Waals surface area contributed by atoms with E-state index in [2.05, 4.69) is 4.90 Å². The summed E-state index contributed by atoms with van der Waals surface area (Å²) in [7, 11) is 4.09. The molecule has 1 aromatic carbocycles. The van der Waals surface area contributed by atoms with Gasteiger partial charge in [-0.25, -0.2) is 0 Å². The van der Waals surface area contributed by atoms with Gasteiger partial charge in [0.05, 0.1) is 16.6 Å². The minimum Gasteiger partial charge on any atom is -0.315 e. The maximum atomic E-state index is 12.9. The molecular formula is C21H24N2O2. The van der Waals surface area contributed by atoms with Gasteiger partial charge in [0, 0.05) is 23.6 Å². The third-order valence-corrected chi connectivity index (χ3v) is 4.58. The van der Waals surface area contributed by atoms with Crippen LogP contribution >= 0.6 is 0 Å². The molecule has 0 bridgehead atoms. The highest BCUT2D eigenvalue weighted by molar-refractivity contribution is 6.15. The first-order valence-electron chi connectivity index (χ1n) is 8.70. The van der Waals surface area contributed by atoms with Crippen molar-refractivity contribution in [2.75, 3.05) is 20.6 Å². The summed E-state index contributed by atoms with van der Waals surface area (Å²) in [6.45, 7) is 2.55. The molecule has 0 saturated carbocycles. The number of nitrogens with zero attached hydrogens (tertiary/aromatic N) is 2. The zero-order valence-corrected chi connectivity index (χ0v) is 15.1. The van der Waals surface area contributed by atoms with Crippen molar-refractivity contribution in [1.82, 2.24) is 9.30 Å². The number of fused-ring (bicyclic) bond motifs is 3. The SMILES string of the molecule is CC(=O)c1ccc2c(C(=O)CCCCN(C)C)c3ccccc3n2c1. The van der Waals surface area contributed by atoms with Gasteiger partial charge in [-0.2, -0.15) is 0 Å². The fraction of sp³-hybridized carbons (Fsp3) is 0.333. The number of Topliss-reactive ketones (excluding diaryl/α,β-unsaturated/α-hetero) is 2. The van der Waals surface area contributed by atoms with Crippen molar-refractivity contribution in [3.05, 3.63) is 53.7 Å². The molecule has 2 heterocycles. The van der Waals surface area contributed by atoms with Crippen LogP contribution in [0.3, 0.4) is 0 Å². The number of hydrogen-bond donors (Lipinski definition) is 0.